The van der Waals surface area contributed by atoms with Crippen LogP contribution < -0.4 is 0 Å². The first-order valence-corrected chi connectivity index (χ1v) is 7.74. The van der Waals surface area contributed by atoms with Gasteiger partial charge in [-0.2, -0.15) is 4.42 Å². The fourth-order valence-corrected chi connectivity index (χ4v) is 3.06. The van der Waals surface area contributed by atoms with Crippen molar-refractivity contribution in [2.75, 3.05) is 0 Å². The summed E-state index contributed by atoms with van der Waals surface area (Å²) in [6.07, 6.45) is 8.21. The standard InChI is InChI=1S/C13H24Cl2N2O/c1-3-5-7-9-11-13(18)17(15)12(16(11)14)10-8-6-4-2/h11-12H,3-10H2,1-2H3. The van der Waals surface area contributed by atoms with E-state index in [2.05, 4.69) is 13.8 Å². The molecule has 0 N–H and O–H groups in total. The van der Waals surface area contributed by atoms with Gasteiger partial charge in [0.25, 0.3) is 5.91 Å². The van der Waals surface area contributed by atoms with Crippen LogP contribution in [0.5, 0.6) is 0 Å². The van der Waals surface area contributed by atoms with Crippen molar-refractivity contribution < 1.29 is 4.79 Å². The maximum atomic E-state index is 12.0. The molecule has 0 saturated carbocycles. The average molecular weight is 295 g/mol. The summed E-state index contributed by atoms with van der Waals surface area (Å²) < 4.78 is 2.94. The Bertz CT molecular complexity index is 263. The zero-order valence-electron chi connectivity index (χ0n) is 11.4. The summed E-state index contributed by atoms with van der Waals surface area (Å²) in [7, 11) is 0. The van der Waals surface area contributed by atoms with Gasteiger partial charge in [0.15, 0.2) is 0 Å². The van der Waals surface area contributed by atoms with Crippen molar-refractivity contribution >= 4 is 29.5 Å². The second-order valence-electron chi connectivity index (χ2n) is 4.98. The van der Waals surface area contributed by atoms with E-state index >= 15 is 0 Å². The van der Waals surface area contributed by atoms with E-state index in [0.717, 1.165) is 51.4 Å². The summed E-state index contributed by atoms with van der Waals surface area (Å²) in [6, 6.07) is -0.234. The molecule has 0 aliphatic carbocycles. The van der Waals surface area contributed by atoms with Crippen LogP contribution in [-0.4, -0.2) is 27.0 Å². The van der Waals surface area contributed by atoms with E-state index in [1.807, 2.05) is 0 Å². The Hall–Kier alpha value is 0.01000. The highest BCUT2D eigenvalue weighted by molar-refractivity contribution is 6.25. The number of rotatable bonds is 8. The molecule has 0 aromatic rings. The lowest BCUT2D eigenvalue weighted by Gasteiger charge is -2.21. The summed E-state index contributed by atoms with van der Waals surface area (Å²) in [5, 5.41) is 0. The van der Waals surface area contributed by atoms with Crippen LogP contribution >= 0.6 is 23.6 Å². The van der Waals surface area contributed by atoms with E-state index in [1.54, 1.807) is 4.42 Å². The third-order valence-corrected chi connectivity index (χ3v) is 4.34. The number of halogens is 2. The first-order chi connectivity index (χ1) is 8.63. The van der Waals surface area contributed by atoms with E-state index < -0.39 is 0 Å². The predicted octanol–water partition coefficient (Wildman–Crippen LogP) is 4.29. The second-order valence-corrected chi connectivity index (χ2v) is 5.74. The Morgan fingerprint density at radius 2 is 1.56 bits per heavy atom. The second kappa shape index (κ2) is 8.23. The molecular formula is C13H24Cl2N2O. The zero-order chi connectivity index (χ0) is 13.5. The van der Waals surface area contributed by atoms with Crippen molar-refractivity contribution in [3.8, 4) is 0 Å². The molecule has 106 valence electrons. The summed E-state index contributed by atoms with van der Waals surface area (Å²) in [5.41, 5.74) is 0. The lowest BCUT2D eigenvalue weighted by Crippen LogP contribution is -2.30. The van der Waals surface area contributed by atoms with Crippen LogP contribution in [0, 0.1) is 0 Å². The molecule has 0 radical (unpaired) electrons. The fraction of sp³-hybridized carbons (Fsp3) is 0.923. The number of nitrogens with zero attached hydrogens (tertiary/aromatic N) is 2. The highest BCUT2D eigenvalue weighted by atomic mass is 35.5. The Kier molecular flexibility index (Phi) is 7.35. The lowest BCUT2D eigenvalue weighted by atomic mass is 10.1. The first-order valence-electron chi connectivity index (χ1n) is 7.06. The van der Waals surface area contributed by atoms with Gasteiger partial charge < -0.3 is 0 Å². The molecule has 5 heteroatoms. The van der Waals surface area contributed by atoms with Crippen LogP contribution in [0.15, 0.2) is 0 Å². The Morgan fingerprint density at radius 3 is 2.11 bits per heavy atom. The average Bonchev–Trinajstić information content (AvgIpc) is 2.56. The lowest BCUT2D eigenvalue weighted by molar-refractivity contribution is -0.126. The summed E-state index contributed by atoms with van der Waals surface area (Å²) in [5.74, 6) is -0.0377. The van der Waals surface area contributed by atoms with Crippen molar-refractivity contribution in [2.45, 2.75) is 77.4 Å². The molecule has 1 rings (SSSR count). The van der Waals surface area contributed by atoms with E-state index in [4.69, 9.17) is 23.6 Å². The monoisotopic (exact) mass is 294 g/mol. The van der Waals surface area contributed by atoms with Crippen molar-refractivity contribution in [3.05, 3.63) is 0 Å². The topological polar surface area (TPSA) is 23.6 Å². The van der Waals surface area contributed by atoms with Crippen LogP contribution in [0.25, 0.3) is 0 Å². The molecule has 0 spiro atoms. The summed E-state index contributed by atoms with van der Waals surface area (Å²) >= 11 is 12.3. The van der Waals surface area contributed by atoms with Gasteiger partial charge in [-0.3, -0.25) is 4.79 Å². The van der Waals surface area contributed by atoms with Gasteiger partial charge in [-0.1, -0.05) is 46.0 Å². The molecule has 1 fully saturated rings. The molecule has 1 aliphatic rings. The third-order valence-electron chi connectivity index (χ3n) is 3.49. The summed E-state index contributed by atoms with van der Waals surface area (Å²) in [4.78, 5) is 12.0. The molecule has 0 aromatic heterocycles. The molecule has 2 unspecified atom stereocenters. The van der Waals surface area contributed by atoms with Crippen LogP contribution in [0.1, 0.15) is 65.2 Å². The molecule has 18 heavy (non-hydrogen) atoms. The molecule has 1 amide bonds. The zero-order valence-corrected chi connectivity index (χ0v) is 12.9. The highest BCUT2D eigenvalue weighted by Crippen LogP contribution is 2.31. The van der Waals surface area contributed by atoms with Gasteiger partial charge in [-0.15, -0.1) is 0 Å². The largest absolute Gasteiger partial charge is 0.272 e. The van der Waals surface area contributed by atoms with Gasteiger partial charge in [0.2, 0.25) is 0 Å². The minimum Gasteiger partial charge on any atom is -0.272 e. The number of unbranched alkanes of at least 4 members (excludes halogenated alkanes) is 4. The van der Waals surface area contributed by atoms with Gasteiger partial charge >= 0.3 is 0 Å². The third kappa shape index (κ3) is 4.01. The smallest absolute Gasteiger partial charge is 0.257 e. The normalized spacial score (nSPS) is 25.1. The Labute approximate surface area is 121 Å². The van der Waals surface area contributed by atoms with Crippen molar-refractivity contribution in [1.29, 1.82) is 0 Å². The fourth-order valence-electron chi connectivity index (χ4n) is 2.35. The minimum absolute atomic E-state index is 0.0377. The molecule has 2 atom stereocenters. The maximum Gasteiger partial charge on any atom is 0.257 e. The maximum absolute atomic E-state index is 12.0. The van der Waals surface area contributed by atoms with Gasteiger partial charge in [-0.25, -0.2) is 4.42 Å². The van der Waals surface area contributed by atoms with Gasteiger partial charge in [-0.05, 0) is 31.0 Å². The molecule has 1 saturated heterocycles. The van der Waals surface area contributed by atoms with Gasteiger partial charge in [0.05, 0.1) is 0 Å². The van der Waals surface area contributed by atoms with Crippen molar-refractivity contribution in [2.24, 2.45) is 0 Å². The van der Waals surface area contributed by atoms with E-state index in [1.165, 1.54) is 4.42 Å². The van der Waals surface area contributed by atoms with Crippen molar-refractivity contribution in [1.82, 2.24) is 8.84 Å². The molecule has 1 aliphatic heterocycles. The molecule has 1 heterocycles. The Morgan fingerprint density at radius 1 is 1.00 bits per heavy atom. The summed E-state index contributed by atoms with van der Waals surface area (Å²) in [6.45, 7) is 4.31. The highest BCUT2D eigenvalue weighted by Gasteiger charge is 2.44. The first kappa shape index (κ1) is 16.1. The number of hydrogen-bond acceptors (Lipinski definition) is 2. The van der Waals surface area contributed by atoms with Crippen LogP contribution in [0.2, 0.25) is 0 Å². The molecule has 3 nitrogen and oxygen atoms in total. The van der Waals surface area contributed by atoms with E-state index in [9.17, 15) is 4.79 Å². The molecule has 0 aromatic carbocycles. The minimum atomic E-state index is -0.234. The van der Waals surface area contributed by atoms with Gasteiger partial charge in [0.1, 0.15) is 12.2 Å². The van der Waals surface area contributed by atoms with Crippen LogP contribution in [0.3, 0.4) is 0 Å². The quantitative estimate of drug-likeness (QED) is 0.492. The van der Waals surface area contributed by atoms with Crippen LogP contribution in [0.4, 0.5) is 0 Å². The Balaban J connectivity index is 2.48. The SMILES string of the molecule is CCCCCC1C(=O)N(Cl)C(CCCCC)N1Cl. The van der Waals surface area contributed by atoms with Gasteiger partial charge in [0, 0.05) is 11.8 Å². The molecule has 0 bridgehead atoms. The predicted molar refractivity (Wildman–Crippen MR) is 76.3 cm³/mol. The van der Waals surface area contributed by atoms with Crippen LogP contribution in [-0.2, 0) is 4.79 Å². The number of carbonyl (C=O) groups excluding carboxylic acids is 1. The number of carbonyl (C=O) groups is 1. The molecular weight excluding hydrogens is 271 g/mol. The van der Waals surface area contributed by atoms with E-state index in [-0.39, 0.29) is 18.1 Å². The van der Waals surface area contributed by atoms with Crippen molar-refractivity contribution in [3.63, 3.8) is 0 Å². The van der Waals surface area contributed by atoms with E-state index in [0.29, 0.717) is 0 Å². The number of amides is 1. The number of hydrogen-bond donors (Lipinski definition) is 0.